The highest BCUT2D eigenvalue weighted by Crippen LogP contribution is 2.47. The first-order valence-corrected chi connectivity index (χ1v) is 12.1. The predicted octanol–water partition coefficient (Wildman–Crippen LogP) is 3.79. The van der Waals surface area contributed by atoms with E-state index in [0.29, 0.717) is 51.2 Å². The fraction of sp³-hybridized carbons (Fsp3) is 0.538. The minimum Gasteiger partial charge on any atom is -0.501 e. The quantitative estimate of drug-likeness (QED) is 0.674. The van der Waals surface area contributed by atoms with Crippen molar-refractivity contribution < 1.29 is 23.5 Å². The van der Waals surface area contributed by atoms with Gasteiger partial charge in [0.1, 0.15) is 0 Å². The Kier molecular flexibility index (Phi) is 5.80. The second-order valence-electron chi connectivity index (χ2n) is 9.48. The van der Waals surface area contributed by atoms with Crippen LogP contribution in [0, 0.1) is 5.92 Å². The predicted molar refractivity (Wildman–Crippen MR) is 126 cm³/mol. The van der Waals surface area contributed by atoms with Crippen LogP contribution in [0.25, 0.3) is 0 Å². The number of rotatable bonds is 4. The van der Waals surface area contributed by atoms with Gasteiger partial charge < -0.3 is 23.7 Å². The van der Waals surface area contributed by atoms with Crippen molar-refractivity contribution in [2.24, 2.45) is 5.92 Å². The van der Waals surface area contributed by atoms with Gasteiger partial charge in [-0.1, -0.05) is 13.0 Å². The summed E-state index contributed by atoms with van der Waals surface area (Å²) in [7, 11) is 3.41. The zero-order valence-corrected chi connectivity index (χ0v) is 20.4. The molecule has 3 amide bonds. The molecule has 0 N–H and O–H groups in total. The maximum atomic E-state index is 13.7. The molecule has 1 aromatic rings. The zero-order valence-electron chi connectivity index (χ0n) is 20.4. The van der Waals surface area contributed by atoms with Crippen LogP contribution in [0.15, 0.2) is 57.6 Å². The van der Waals surface area contributed by atoms with Gasteiger partial charge in [0.05, 0.1) is 37.3 Å². The summed E-state index contributed by atoms with van der Waals surface area (Å²) in [5.74, 6) is 1.26. The second-order valence-corrected chi connectivity index (χ2v) is 9.48. The molecule has 4 aliphatic rings. The molecular formula is C26H33N3O5. The SMILES string of the molecule is CCN1C(=O)N2CC3=C(C(OC)CC(OC)=C3)[C@@H](C)C=C2C12CCN(C(=O)c1ccco1)CC2. The molecule has 1 aromatic heterocycles. The fourth-order valence-electron chi connectivity index (χ4n) is 6.23. The van der Waals surface area contributed by atoms with Gasteiger partial charge >= 0.3 is 6.03 Å². The van der Waals surface area contributed by atoms with Gasteiger partial charge in [-0.3, -0.25) is 9.69 Å². The molecule has 0 aromatic carbocycles. The Morgan fingerprint density at radius 1 is 1.26 bits per heavy atom. The average molecular weight is 468 g/mol. The van der Waals surface area contributed by atoms with Gasteiger partial charge in [-0.15, -0.1) is 0 Å². The summed E-state index contributed by atoms with van der Waals surface area (Å²) >= 11 is 0. The Morgan fingerprint density at radius 3 is 2.65 bits per heavy atom. The van der Waals surface area contributed by atoms with Gasteiger partial charge in [0.25, 0.3) is 5.91 Å². The Labute approximate surface area is 200 Å². The second kappa shape index (κ2) is 8.65. The number of likely N-dealkylation sites (tertiary alicyclic amines) is 1. The van der Waals surface area contributed by atoms with Crippen LogP contribution in [-0.2, 0) is 9.47 Å². The molecule has 1 spiro atoms. The molecule has 4 heterocycles. The Hall–Kier alpha value is -3.00. The van der Waals surface area contributed by atoms with E-state index in [0.717, 1.165) is 17.0 Å². The highest BCUT2D eigenvalue weighted by atomic mass is 16.5. The van der Waals surface area contributed by atoms with E-state index in [9.17, 15) is 9.59 Å². The minimum absolute atomic E-state index is 0.0346. The van der Waals surface area contributed by atoms with Crippen molar-refractivity contribution in [1.82, 2.24) is 14.7 Å². The van der Waals surface area contributed by atoms with E-state index in [-0.39, 0.29) is 24.0 Å². The van der Waals surface area contributed by atoms with Gasteiger partial charge in [-0.05, 0) is 49.1 Å². The number of methoxy groups -OCH3 is 2. The normalized spacial score (nSPS) is 26.2. The monoisotopic (exact) mass is 467 g/mol. The molecule has 34 heavy (non-hydrogen) atoms. The summed E-state index contributed by atoms with van der Waals surface area (Å²) in [5, 5.41) is 0. The van der Waals surface area contributed by atoms with Crippen LogP contribution < -0.4 is 0 Å². The van der Waals surface area contributed by atoms with Crippen LogP contribution in [0.4, 0.5) is 4.79 Å². The van der Waals surface area contributed by atoms with Crippen LogP contribution in [0.5, 0.6) is 0 Å². The van der Waals surface area contributed by atoms with Crippen molar-refractivity contribution in [3.63, 3.8) is 0 Å². The van der Waals surface area contributed by atoms with Crippen molar-refractivity contribution in [2.75, 3.05) is 40.4 Å². The largest absolute Gasteiger partial charge is 0.501 e. The molecule has 8 heteroatoms. The highest BCUT2D eigenvalue weighted by Gasteiger charge is 2.55. The van der Waals surface area contributed by atoms with Gasteiger partial charge in [0.15, 0.2) is 5.76 Å². The van der Waals surface area contributed by atoms with Crippen LogP contribution in [0.3, 0.4) is 0 Å². The molecule has 2 fully saturated rings. The number of likely N-dealkylation sites (N-methyl/N-ethyl adjacent to an activating group) is 1. The van der Waals surface area contributed by atoms with Crippen LogP contribution >= 0.6 is 0 Å². The Balaban J connectivity index is 1.48. The van der Waals surface area contributed by atoms with E-state index in [1.807, 2.05) is 21.6 Å². The topological polar surface area (TPSA) is 75.5 Å². The van der Waals surface area contributed by atoms with Gasteiger partial charge in [-0.25, -0.2) is 4.79 Å². The van der Waals surface area contributed by atoms with E-state index in [4.69, 9.17) is 13.9 Å². The molecular weight excluding hydrogens is 434 g/mol. The van der Waals surface area contributed by atoms with Crippen LogP contribution in [0.1, 0.15) is 43.7 Å². The number of hydrogen-bond acceptors (Lipinski definition) is 5. The Bertz CT molecular complexity index is 1060. The third-order valence-electron chi connectivity index (χ3n) is 7.89. The highest BCUT2D eigenvalue weighted by molar-refractivity contribution is 5.91. The third-order valence-corrected chi connectivity index (χ3v) is 7.89. The first kappa shape index (κ1) is 22.8. The lowest BCUT2D eigenvalue weighted by molar-refractivity contribution is 0.0547. The van der Waals surface area contributed by atoms with E-state index in [1.54, 1.807) is 26.4 Å². The molecule has 182 valence electrons. The van der Waals surface area contributed by atoms with Crippen LogP contribution in [0.2, 0.25) is 0 Å². The summed E-state index contributed by atoms with van der Waals surface area (Å²) in [4.78, 5) is 32.3. The van der Waals surface area contributed by atoms with Crippen molar-refractivity contribution in [3.8, 4) is 0 Å². The molecule has 8 nitrogen and oxygen atoms in total. The average Bonchev–Trinajstić information content (AvgIpc) is 3.42. The number of carbonyl (C=O) groups excluding carboxylic acids is 2. The molecule has 0 radical (unpaired) electrons. The van der Waals surface area contributed by atoms with Crippen molar-refractivity contribution in [3.05, 3.63) is 58.9 Å². The molecule has 2 atom stereocenters. The van der Waals surface area contributed by atoms with Gasteiger partial charge in [0.2, 0.25) is 0 Å². The van der Waals surface area contributed by atoms with Crippen molar-refractivity contribution >= 4 is 11.9 Å². The summed E-state index contributed by atoms with van der Waals surface area (Å²) in [6.45, 7) is 6.50. The maximum Gasteiger partial charge on any atom is 0.325 e. The summed E-state index contributed by atoms with van der Waals surface area (Å²) in [5.41, 5.74) is 2.97. The van der Waals surface area contributed by atoms with E-state index >= 15 is 0 Å². The van der Waals surface area contributed by atoms with Gasteiger partial charge in [0, 0.05) is 44.8 Å². The third kappa shape index (κ3) is 3.38. The lowest BCUT2D eigenvalue weighted by Gasteiger charge is -2.44. The lowest BCUT2D eigenvalue weighted by atomic mass is 9.81. The number of ether oxygens (including phenoxy) is 2. The zero-order chi connectivity index (χ0) is 24.0. The number of carbonyl (C=O) groups is 2. The number of hydrogen-bond donors (Lipinski definition) is 0. The van der Waals surface area contributed by atoms with Crippen molar-refractivity contribution in [1.29, 1.82) is 0 Å². The van der Waals surface area contributed by atoms with E-state index < -0.39 is 5.54 Å². The first-order chi connectivity index (χ1) is 16.4. The van der Waals surface area contributed by atoms with E-state index in [1.165, 1.54) is 11.8 Å². The summed E-state index contributed by atoms with van der Waals surface area (Å²) in [6, 6.07) is 3.47. The molecule has 0 saturated carbocycles. The Morgan fingerprint density at radius 2 is 2.03 bits per heavy atom. The first-order valence-electron chi connectivity index (χ1n) is 12.1. The van der Waals surface area contributed by atoms with Gasteiger partial charge in [-0.2, -0.15) is 0 Å². The number of fused-ring (bicyclic) bond motifs is 2. The van der Waals surface area contributed by atoms with E-state index in [2.05, 4.69) is 19.1 Å². The number of amides is 3. The minimum atomic E-state index is -0.412. The summed E-state index contributed by atoms with van der Waals surface area (Å²) in [6.07, 6.45) is 7.90. The smallest absolute Gasteiger partial charge is 0.325 e. The fourth-order valence-corrected chi connectivity index (χ4v) is 6.23. The molecule has 0 bridgehead atoms. The van der Waals surface area contributed by atoms with Crippen LogP contribution in [-0.4, -0.2) is 78.7 Å². The number of nitrogens with zero attached hydrogens (tertiary/aromatic N) is 3. The molecule has 1 aliphatic carbocycles. The molecule has 5 rings (SSSR count). The molecule has 3 aliphatic heterocycles. The van der Waals surface area contributed by atoms with Crippen molar-refractivity contribution in [2.45, 2.75) is 44.8 Å². The number of piperidine rings is 1. The number of furan rings is 1. The standard InChI is InChI=1S/C26H33N3O5/c1-5-29-25(31)28-16-18-14-19(32-3)15-21(33-4)23(18)17(2)13-22(28)26(29)8-10-27(11-9-26)24(30)20-7-6-12-34-20/h6-7,12-14,17,21H,5,8-11,15-16H2,1-4H3/t17-,21?/m0/s1. The summed E-state index contributed by atoms with van der Waals surface area (Å²) < 4.78 is 16.7. The number of allylic oxidation sites excluding steroid dienone is 1. The molecule has 1 unspecified atom stereocenters. The lowest BCUT2D eigenvalue weighted by Crippen LogP contribution is -2.54. The molecule has 2 saturated heterocycles. The number of urea groups is 1. The maximum absolute atomic E-state index is 13.7.